The van der Waals surface area contributed by atoms with Crippen LogP contribution in [0.25, 0.3) is 60.6 Å². The van der Waals surface area contributed by atoms with Gasteiger partial charge in [0.25, 0.3) is 0 Å². The van der Waals surface area contributed by atoms with Crippen molar-refractivity contribution in [1.82, 2.24) is 0 Å². The van der Waals surface area contributed by atoms with Gasteiger partial charge in [-0.15, -0.1) is 0 Å². The first-order chi connectivity index (χ1) is 23.5. The average molecular weight is 614 g/mol. The summed E-state index contributed by atoms with van der Waals surface area (Å²) < 4.78 is 0. The van der Waals surface area contributed by atoms with Crippen LogP contribution in [0.2, 0.25) is 0 Å². The highest BCUT2D eigenvalue weighted by Crippen LogP contribution is 2.48. The summed E-state index contributed by atoms with van der Waals surface area (Å²) in [6, 6.07) is 62.2. The number of rotatable bonds is 5. The number of fused-ring (bicyclic) bond motifs is 4. The Labute approximate surface area is 282 Å². The summed E-state index contributed by atoms with van der Waals surface area (Å²) in [6.45, 7) is 4.72. The van der Waals surface area contributed by atoms with Gasteiger partial charge in [-0.25, -0.2) is 0 Å². The fourth-order valence-electron chi connectivity index (χ4n) is 7.50. The maximum atomic E-state index is 2.46. The summed E-state index contributed by atoms with van der Waals surface area (Å²) in [5.74, 6) is 0. The van der Waals surface area contributed by atoms with Crippen molar-refractivity contribution in [3.05, 3.63) is 187 Å². The Morgan fingerprint density at radius 1 is 0.375 bits per heavy atom. The fourth-order valence-corrected chi connectivity index (χ4v) is 7.50. The zero-order valence-corrected chi connectivity index (χ0v) is 27.2. The summed E-state index contributed by atoms with van der Waals surface area (Å²) in [7, 11) is 0. The Kier molecular flexibility index (Phi) is 6.55. The summed E-state index contributed by atoms with van der Waals surface area (Å²) in [5.41, 5.74) is 10.9. The minimum Gasteiger partial charge on any atom is -0.313 e. The molecule has 48 heavy (non-hydrogen) atoms. The maximum Gasteiger partial charge on any atom is 0.0459 e. The number of hydrogen-bond acceptors (Lipinski definition) is 1. The van der Waals surface area contributed by atoms with Crippen LogP contribution in [-0.4, -0.2) is 0 Å². The molecule has 0 N–H and O–H groups in total. The molecule has 0 amide bonds. The monoisotopic (exact) mass is 613 g/mol. The molecular weight excluding hydrogens is 579 g/mol. The van der Waals surface area contributed by atoms with Crippen LogP contribution >= 0.6 is 0 Å². The van der Waals surface area contributed by atoms with E-state index in [2.05, 4.69) is 195 Å². The van der Waals surface area contributed by atoms with Crippen molar-refractivity contribution >= 4 is 49.8 Å². The highest BCUT2D eigenvalue weighted by atomic mass is 15.2. The second-order valence-electron chi connectivity index (χ2n) is 13.5. The summed E-state index contributed by atoms with van der Waals surface area (Å²) >= 11 is 0. The van der Waals surface area contributed by atoms with E-state index in [9.17, 15) is 0 Å². The molecule has 0 atom stereocenters. The van der Waals surface area contributed by atoms with Gasteiger partial charge in [0.1, 0.15) is 0 Å². The van der Waals surface area contributed by atoms with Crippen LogP contribution in [-0.2, 0) is 5.41 Å². The van der Waals surface area contributed by atoms with Gasteiger partial charge in [0.05, 0.1) is 0 Å². The molecule has 1 heteroatoms. The normalized spacial score (nSPS) is 13.5. The van der Waals surface area contributed by atoms with E-state index in [4.69, 9.17) is 0 Å². The van der Waals surface area contributed by atoms with Crippen LogP contribution < -0.4 is 4.90 Å². The van der Waals surface area contributed by atoms with E-state index in [1.165, 1.54) is 71.4 Å². The van der Waals surface area contributed by atoms with Crippen LogP contribution in [0.15, 0.2) is 176 Å². The Bertz CT molecular complexity index is 2390. The van der Waals surface area contributed by atoms with Crippen molar-refractivity contribution in [2.45, 2.75) is 19.3 Å². The number of allylic oxidation sites excluding steroid dienone is 1. The maximum absolute atomic E-state index is 2.46. The average Bonchev–Trinajstić information content (AvgIpc) is 3.39. The first-order valence-corrected chi connectivity index (χ1v) is 16.8. The second kappa shape index (κ2) is 11.1. The van der Waals surface area contributed by atoms with Crippen molar-refractivity contribution in [3.63, 3.8) is 0 Å². The zero-order valence-electron chi connectivity index (χ0n) is 27.2. The van der Waals surface area contributed by atoms with Crippen molar-refractivity contribution in [1.29, 1.82) is 0 Å². The highest BCUT2D eigenvalue weighted by Gasteiger charge is 2.37. The molecule has 228 valence electrons. The van der Waals surface area contributed by atoms with Gasteiger partial charge in [0.2, 0.25) is 0 Å². The van der Waals surface area contributed by atoms with E-state index in [-0.39, 0.29) is 5.41 Å². The lowest BCUT2D eigenvalue weighted by atomic mass is 9.82. The number of hydrogen-bond donors (Lipinski definition) is 0. The molecule has 1 nitrogen and oxygen atoms in total. The van der Waals surface area contributed by atoms with Gasteiger partial charge in [-0.1, -0.05) is 135 Å². The summed E-state index contributed by atoms with van der Waals surface area (Å²) in [4.78, 5) is 2.46. The van der Waals surface area contributed by atoms with Gasteiger partial charge >= 0.3 is 0 Å². The molecule has 0 spiro atoms. The van der Waals surface area contributed by atoms with Gasteiger partial charge in [0, 0.05) is 22.5 Å². The molecule has 0 radical (unpaired) electrons. The fraction of sp³-hybridized carbons (Fsp3) is 0.0638. The van der Waals surface area contributed by atoms with Gasteiger partial charge < -0.3 is 4.90 Å². The molecule has 0 fully saturated rings. The molecule has 1 aliphatic rings. The van der Waals surface area contributed by atoms with Gasteiger partial charge in [0.15, 0.2) is 0 Å². The second-order valence-corrected chi connectivity index (χ2v) is 13.5. The van der Waals surface area contributed by atoms with Crippen molar-refractivity contribution in [2.75, 3.05) is 4.90 Å². The van der Waals surface area contributed by atoms with Crippen LogP contribution in [0.5, 0.6) is 0 Å². The highest BCUT2D eigenvalue weighted by molar-refractivity contribution is 5.92. The van der Waals surface area contributed by atoms with Gasteiger partial charge in [-0.2, -0.15) is 0 Å². The molecule has 8 aromatic rings. The van der Waals surface area contributed by atoms with E-state index in [0.29, 0.717) is 0 Å². The summed E-state index contributed by atoms with van der Waals surface area (Å²) in [6.07, 6.45) is 2.40. The van der Waals surface area contributed by atoms with Crippen LogP contribution in [0.3, 0.4) is 0 Å². The Hall–Kier alpha value is -5.92. The molecule has 9 rings (SSSR count). The third kappa shape index (κ3) is 4.79. The number of benzene rings is 8. The van der Waals surface area contributed by atoms with Crippen LogP contribution in [0.1, 0.15) is 25.0 Å². The van der Waals surface area contributed by atoms with E-state index in [1.54, 1.807) is 0 Å². The largest absolute Gasteiger partial charge is 0.313 e. The Balaban J connectivity index is 1.14. The molecule has 1 aliphatic carbocycles. The van der Waals surface area contributed by atoms with Crippen LogP contribution in [0.4, 0.5) is 11.4 Å². The van der Waals surface area contributed by atoms with E-state index in [0.717, 1.165) is 11.4 Å². The third-order valence-corrected chi connectivity index (χ3v) is 10.2. The standard InChI is InChI=1S/C47H35N/c1-47(2)45-30-39-14-8-7-13-38(39)29-42(45)31-46(47)48(43-23-19-34(20-24-43)40-17-15-32-9-3-5-11-36(32)27-40)44-25-21-35(22-26-44)41-18-16-33-10-4-6-12-37(33)28-41/h3-31H,1-2H3. The number of nitrogens with zero attached hydrogens (tertiary/aromatic N) is 1. The zero-order chi connectivity index (χ0) is 32.2. The van der Waals surface area contributed by atoms with Gasteiger partial charge in [-0.3, -0.25) is 0 Å². The molecule has 0 saturated carbocycles. The molecule has 0 saturated heterocycles. The minimum atomic E-state index is -0.201. The lowest BCUT2D eigenvalue weighted by Crippen LogP contribution is -2.29. The van der Waals surface area contributed by atoms with Crippen molar-refractivity contribution < 1.29 is 0 Å². The minimum absolute atomic E-state index is 0.201. The van der Waals surface area contributed by atoms with E-state index in [1.807, 2.05) is 0 Å². The Morgan fingerprint density at radius 2 is 0.771 bits per heavy atom. The quantitative estimate of drug-likeness (QED) is 0.187. The van der Waals surface area contributed by atoms with Crippen molar-refractivity contribution in [2.24, 2.45) is 0 Å². The molecule has 8 aromatic carbocycles. The predicted octanol–water partition coefficient (Wildman–Crippen LogP) is 13.0. The smallest absolute Gasteiger partial charge is 0.0459 e. The first kappa shape index (κ1) is 28.3. The van der Waals surface area contributed by atoms with Crippen molar-refractivity contribution in [3.8, 4) is 22.3 Å². The molecule has 0 aromatic heterocycles. The molecule has 0 bridgehead atoms. The lowest BCUT2D eigenvalue weighted by molar-refractivity contribution is 0.627. The van der Waals surface area contributed by atoms with Gasteiger partial charge in [-0.05, 0) is 120 Å². The number of anilines is 2. The third-order valence-electron chi connectivity index (χ3n) is 10.2. The van der Waals surface area contributed by atoms with E-state index >= 15 is 0 Å². The SMILES string of the molecule is CC1(C)C(N(c2ccc(-c3ccc4ccccc4c3)cc2)c2ccc(-c3ccc4ccccc4c3)cc2)=Cc2cc3ccccc3cc21. The topological polar surface area (TPSA) is 3.24 Å². The van der Waals surface area contributed by atoms with Crippen LogP contribution in [0, 0.1) is 0 Å². The summed E-state index contributed by atoms with van der Waals surface area (Å²) in [5, 5.41) is 7.60. The van der Waals surface area contributed by atoms with E-state index < -0.39 is 0 Å². The Morgan fingerprint density at radius 3 is 1.25 bits per heavy atom. The molecule has 0 aliphatic heterocycles. The molecule has 0 unspecified atom stereocenters. The lowest BCUT2D eigenvalue weighted by Gasteiger charge is -2.35. The first-order valence-electron chi connectivity index (χ1n) is 16.8. The molecular formula is C47H35N. The molecule has 0 heterocycles. The predicted molar refractivity (Wildman–Crippen MR) is 206 cm³/mol.